The molecule has 1 aromatic rings. The highest BCUT2D eigenvalue weighted by Crippen LogP contribution is 2.10. The molecule has 3 N–H and O–H groups in total. The molecule has 0 aliphatic heterocycles. The Hall–Kier alpha value is -2.08. The number of hydrogen-bond acceptors (Lipinski definition) is 3. The van der Waals surface area contributed by atoms with Gasteiger partial charge in [0.1, 0.15) is 0 Å². The molecule has 1 unspecified atom stereocenters. The van der Waals surface area contributed by atoms with E-state index in [1.165, 1.54) is 12.1 Å². The molecule has 0 aromatic heterocycles. The number of aromatic carboxylic acids is 1. The lowest BCUT2D eigenvalue weighted by molar-refractivity contribution is 0.0697. The van der Waals surface area contributed by atoms with Crippen molar-refractivity contribution in [3.63, 3.8) is 0 Å². The summed E-state index contributed by atoms with van der Waals surface area (Å²) in [5, 5.41) is 14.3. The van der Waals surface area contributed by atoms with Crippen molar-refractivity contribution in [3.8, 4) is 0 Å². The molecule has 0 saturated carbocycles. The second-order valence-corrected chi connectivity index (χ2v) is 4.43. The molecule has 1 aromatic carbocycles. The number of ether oxygens (including phenoxy) is 1. The van der Waals surface area contributed by atoms with Crippen molar-refractivity contribution in [1.82, 2.24) is 5.32 Å². The quantitative estimate of drug-likeness (QED) is 0.715. The Morgan fingerprint density at radius 3 is 2.75 bits per heavy atom. The van der Waals surface area contributed by atoms with Crippen molar-refractivity contribution in [2.75, 3.05) is 19.0 Å². The molecule has 0 heterocycles. The van der Waals surface area contributed by atoms with E-state index in [-0.39, 0.29) is 17.6 Å². The predicted molar refractivity (Wildman–Crippen MR) is 76.1 cm³/mol. The van der Waals surface area contributed by atoms with Crippen LogP contribution in [0, 0.1) is 0 Å². The summed E-state index contributed by atoms with van der Waals surface area (Å²) in [6.07, 6.45) is 1.75. The molecular weight excluding hydrogens is 260 g/mol. The molecular formula is C14H20N2O4. The van der Waals surface area contributed by atoms with Crippen LogP contribution in [0.5, 0.6) is 0 Å². The van der Waals surface area contributed by atoms with Crippen LogP contribution < -0.4 is 10.6 Å². The normalized spacial score (nSPS) is 11.7. The van der Waals surface area contributed by atoms with Crippen molar-refractivity contribution >= 4 is 17.7 Å². The number of carboxylic acids is 1. The fourth-order valence-corrected chi connectivity index (χ4v) is 1.83. The summed E-state index contributed by atoms with van der Waals surface area (Å²) < 4.78 is 5.04. The number of amides is 2. The number of urea groups is 1. The summed E-state index contributed by atoms with van der Waals surface area (Å²) in [6, 6.07) is 5.66. The number of carbonyl (C=O) groups excluding carboxylic acids is 1. The first-order valence-corrected chi connectivity index (χ1v) is 6.46. The predicted octanol–water partition coefficient (Wildman–Crippen LogP) is 2.32. The van der Waals surface area contributed by atoms with Gasteiger partial charge in [0.2, 0.25) is 0 Å². The SMILES string of the molecule is CCCC(COC)NC(=O)Nc1cccc(C(=O)O)c1. The van der Waals surface area contributed by atoms with Crippen LogP contribution in [0.2, 0.25) is 0 Å². The zero-order valence-corrected chi connectivity index (χ0v) is 11.7. The van der Waals surface area contributed by atoms with Crippen molar-refractivity contribution in [3.05, 3.63) is 29.8 Å². The Balaban J connectivity index is 2.60. The van der Waals surface area contributed by atoms with Gasteiger partial charge in [0.15, 0.2) is 0 Å². The first kappa shape index (κ1) is 16.0. The second kappa shape index (κ2) is 8.16. The molecule has 0 aliphatic carbocycles. The van der Waals surface area contributed by atoms with E-state index < -0.39 is 5.97 Å². The molecule has 20 heavy (non-hydrogen) atoms. The van der Waals surface area contributed by atoms with Crippen LogP contribution in [0.25, 0.3) is 0 Å². The number of carbonyl (C=O) groups is 2. The van der Waals surface area contributed by atoms with Gasteiger partial charge in [0, 0.05) is 12.8 Å². The molecule has 0 fully saturated rings. The maximum Gasteiger partial charge on any atom is 0.335 e. The number of benzene rings is 1. The Bertz CT molecular complexity index is 456. The van der Waals surface area contributed by atoms with Gasteiger partial charge in [-0.2, -0.15) is 0 Å². The second-order valence-electron chi connectivity index (χ2n) is 4.43. The maximum atomic E-state index is 11.8. The van der Waals surface area contributed by atoms with Crippen molar-refractivity contribution in [2.45, 2.75) is 25.8 Å². The van der Waals surface area contributed by atoms with Gasteiger partial charge in [-0.1, -0.05) is 19.4 Å². The fraction of sp³-hybridized carbons (Fsp3) is 0.429. The Labute approximate surface area is 118 Å². The number of nitrogens with one attached hydrogen (secondary N) is 2. The van der Waals surface area contributed by atoms with Crippen LogP contribution in [0.1, 0.15) is 30.1 Å². The summed E-state index contributed by atoms with van der Waals surface area (Å²) in [7, 11) is 1.58. The monoisotopic (exact) mass is 280 g/mol. The lowest BCUT2D eigenvalue weighted by atomic mass is 10.2. The van der Waals surface area contributed by atoms with E-state index in [4.69, 9.17) is 9.84 Å². The van der Waals surface area contributed by atoms with Crippen LogP contribution in [-0.4, -0.2) is 36.9 Å². The molecule has 0 aliphatic rings. The molecule has 6 nitrogen and oxygen atoms in total. The molecule has 0 radical (unpaired) electrons. The third-order valence-electron chi connectivity index (χ3n) is 2.71. The van der Waals surface area contributed by atoms with Crippen LogP contribution in [0.15, 0.2) is 24.3 Å². The number of methoxy groups -OCH3 is 1. The Kier molecular flexibility index (Phi) is 6.52. The highest BCUT2D eigenvalue weighted by atomic mass is 16.5. The van der Waals surface area contributed by atoms with Crippen molar-refractivity contribution in [1.29, 1.82) is 0 Å². The maximum absolute atomic E-state index is 11.8. The van der Waals surface area contributed by atoms with Crippen molar-refractivity contribution < 1.29 is 19.4 Å². The van der Waals surface area contributed by atoms with Crippen molar-refractivity contribution in [2.24, 2.45) is 0 Å². The van der Waals surface area contributed by atoms with Gasteiger partial charge in [-0.3, -0.25) is 0 Å². The van der Waals surface area contributed by atoms with Gasteiger partial charge in [0.25, 0.3) is 0 Å². The van der Waals surface area contributed by atoms with Gasteiger partial charge in [-0.25, -0.2) is 9.59 Å². The minimum Gasteiger partial charge on any atom is -0.478 e. The first-order chi connectivity index (χ1) is 9.56. The molecule has 0 saturated heterocycles. The molecule has 1 rings (SSSR count). The van der Waals surface area contributed by atoms with Gasteiger partial charge < -0.3 is 20.5 Å². The Morgan fingerprint density at radius 1 is 1.40 bits per heavy atom. The van der Waals surface area contributed by atoms with E-state index in [1.54, 1.807) is 19.2 Å². The van der Waals surface area contributed by atoms with Gasteiger partial charge >= 0.3 is 12.0 Å². The van der Waals surface area contributed by atoms with E-state index in [9.17, 15) is 9.59 Å². The smallest absolute Gasteiger partial charge is 0.335 e. The zero-order chi connectivity index (χ0) is 15.0. The van der Waals surface area contributed by atoms with Crippen LogP contribution in [-0.2, 0) is 4.74 Å². The molecule has 2 amide bonds. The van der Waals surface area contributed by atoms with E-state index in [1.807, 2.05) is 6.92 Å². The number of hydrogen-bond donors (Lipinski definition) is 3. The number of rotatable bonds is 7. The summed E-state index contributed by atoms with van der Waals surface area (Å²) in [5.41, 5.74) is 0.569. The average Bonchev–Trinajstić information content (AvgIpc) is 2.39. The van der Waals surface area contributed by atoms with E-state index in [0.717, 1.165) is 12.8 Å². The summed E-state index contributed by atoms with van der Waals surface area (Å²) in [5.74, 6) is -1.03. The summed E-state index contributed by atoms with van der Waals surface area (Å²) in [6.45, 7) is 2.47. The third-order valence-corrected chi connectivity index (χ3v) is 2.71. The highest BCUT2D eigenvalue weighted by Gasteiger charge is 2.12. The lowest BCUT2D eigenvalue weighted by Gasteiger charge is -2.17. The summed E-state index contributed by atoms with van der Waals surface area (Å²) in [4.78, 5) is 22.7. The average molecular weight is 280 g/mol. The number of anilines is 1. The van der Waals surface area contributed by atoms with Crippen LogP contribution >= 0.6 is 0 Å². The van der Waals surface area contributed by atoms with Gasteiger partial charge in [-0.15, -0.1) is 0 Å². The Morgan fingerprint density at radius 2 is 2.15 bits per heavy atom. The molecule has 1 atom stereocenters. The van der Waals surface area contributed by atoms with Gasteiger partial charge in [-0.05, 0) is 24.6 Å². The molecule has 0 spiro atoms. The molecule has 6 heteroatoms. The minimum absolute atomic E-state index is 0.0624. The van der Waals surface area contributed by atoms with E-state index in [0.29, 0.717) is 12.3 Å². The largest absolute Gasteiger partial charge is 0.478 e. The lowest BCUT2D eigenvalue weighted by Crippen LogP contribution is -2.40. The number of carboxylic acid groups (broad SMARTS) is 1. The standard InChI is InChI=1S/C14H20N2O4/c1-3-5-12(9-20-2)16-14(19)15-11-7-4-6-10(8-11)13(17)18/h4,6-8,12H,3,5,9H2,1-2H3,(H,17,18)(H2,15,16,19). The van der Waals surface area contributed by atoms with Gasteiger partial charge in [0.05, 0.1) is 18.2 Å². The highest BCUT2D eigenvalue weighted by molar-refractivity contribution is 5.93. The van der Waals surface area contributed by atoms with E-state index >= 15 is 0 Å². The molecule has 0 bridgehead atoms. The molecule has 110 valence electrons. The summed E-state index contributed by atoms with van der Waals surface area (Å²) >= 11 is 0. The van der Waals surface area contributed by atoms with E-state index in [2.05, 4.69) is 10.6 Å². The fourth-order valence-electron chi connectivity index (χ4n) is 1.83. The van der Waals surface area contributed by atoms with Crippen LogP contribution in [0.4, 0.5) is 10.5 Å². The first-order valence-electron chi connectivity index (χ1n) is 6.46. The minimum atomic E-state index is -1.03. The zero-order valence-electron chi connectivity index (χ0n) is 11.7. The third kappa shape index (κ3) is 5.27. The topological polar surface area (TPSA) is 87.7 Å². The van der Waals surface area contributed by atoms with Crippen LogP contribution in [0.3, 0.4) is 0 Å².